The van der Waals surface area contributed by atoms with Gasteiger partial charge in [0.2, 0.25) is 5.95 Å². The van der Waals surface area contributed by atoms with Crippen LogP contribution in [0.25, 0.3) is 11.0 Å². The van der Waals surface area contributed by atoms with Gasteiger partial charge in [-0.1, -0.05) is 0 Å². The number of ether oxygens (including phenoxy) is 1. The Morgan fingerprint density at radius 2 is 2.21 bits per heavy atom. The number of hydrogen-bond acceptors (Lipinski definition) is 4. The molecule has 0 atom stereocenters. The number of hydrogen-bond donors (Lipinski definition) is 3. The lowest BCUT2D eigenvalue weighted by molar-refractivity contribution is -0.0544. The van der Waals surface area contributed by atoms with Crippen LogP contribution in [-0.4, -0.2) is 40.4 Å². The summed E-state index contributed by atoms with van der Waals surface area (Å²) in [6, 6.07) is 4.39. The van der Waals surface area contributed by atoms with Gasteiger partial charge in [-0.2, -0.15) is 0 Å². The van der Waals surface area contributed by atoms with E-state index < -0.39 is 5.60 Å². The number of rotatable bonds is 3. The third-order valence-corrected chi connectivity index (χ3v) is 3.45. The summed E-state index contributed by atoms with van der Waals surface area (Å²) >= 11 is 0. The Kier molecular flexibility index (Phi) is 3.12. The van der Waals surface area contributed by atoms with E-state index in [-0.39, 0.29) is 5.82 Å². The molecule has 5 nitrogen and oxygen atoms in total. The highest BCUT2D eigenvalue weighted by Crippen LogP contribution is 2.21. The van der Waals surface area contributed by atoms with Gasteiger partial charge in [0.25, 0.3) is 0 Å². The Morgan fingerprint density at radius 1 is 1.42 bits per heavy atom. The summed E-state index contributed by atoms with van der Waals surface area (Å²) in [6.45, 7) is 1.55. The molecule has 1 saturated heterocycles. The molecule has 0 amide bonds. The van der Waals surface area contributed by atoms with Crippen LogP contribution in [0.1, 0.15) is 12.8 Å². The molecule has 6 heteroatoms. The van der Waals surface area contributed by atoms with Crippen molar-refractivity contribution in [2.24, 2.45) is 0 Å². The zero-order valence-electron chi connectivity index (χ0n) is 10.4. The number of aromatic amines is 1. The predicted octanol–water partition coefficient (Wildman–Crippen LogP) is 1.66. The van der Waals surface area contributed by atoms with Crippen molar-refractivity contribution < 1.29 is 14.2 Å². The van der Waals surface area contributed by atoms with Crippen molar-refractivity contribution in [3.05, 3.63) is 24.0 Å². The first-order valence-corrected chi connectivity index (χ1v) is 6.34. The lowest BCUT2D eigenvalue weighted by Crippen LogP contribution is -2.42. The van der Waals surface area contributed by atoms with Crippen LogP contribution >= 0.6 is 0 Å². The van der Waals surface area contributed by atoms with E-state index in [1.165, 1.54) is 12.1 Å². The van der Waals surface area contributed by atoms with Crippen LogP contribution < -0.4 is 5.32 Å². The molecule has 2 heterocycles. The molecule has 0 radical (unpaired) electrons. The number of aliphatic hydroxyl groups is 1. The highest BCUT2D eigenvalue weighted by atomic mass is 19.1. The topological polar surface area (TPSA) is 70.2 Å². The van der Waals surface area contributed by atoms with Crippen LogP contribution in [0.4, 0.5) is 10.3 Å². The van der Waals surface area contributed by atoms with Crippen molar-refractivity contribution in [2.45, 2.75) is 18.4 Å². The maximum Gasteiger partial charge on any atom is 0.201 e. The smallest absolute Gasteiger partial charge is 0.201 e. The van der Waals surface area contributed by atoms with Gasteiger partial charge >= 0.3 is 0 Å². The predicted molar refractivity (Wildman–Crippen MR) is 69.5 cm³/mol. The van der Waals surface area contributed by atoms with Crippen LogP contribution in [0, 0.1) is 5.82 Å². The van der Waals surface area contributed by atoms with Crippen LogP contribution in [0.5, 0.6) is 0 Å². The average Bonchev–Trinajstić information content (AvgIpc) is 2.79. The van der Waals surface area contributed by atoms with Gasteiger partial charge in [-0.15, -0.1) is 0 Å². The van der Waals surface area contributed by atoms with E-state index in [1.54, 1.807) is 6.07 Å². The first kappa shape index (κ1) is 12.4. The Balaban J connectivity index is 1.71. The number of aromatic nitrogens is 2. The molecule has 0 saturated carbocycles. The number of fused-ring (bicyclic) bond motifs is 1. The number of H-pyrrole nitrogens is 1. The molecule has 1 aliphatic heterocycles. The van der Waals surface area contributed by atoms with Crippen molar-refractivity contribution in [2.75, 3.05) is 25.1 Å². The fourth-order valence-corrected chi connectivity index (χ4v) is 2.24. The lowest BCUT2D eigenvalue weighted by Gasteiger charge is -2.31. The summed E-state index contributed by atoms with van der Waals surface area (Å²) in [5, 5.41) is 13.4. The van der Waals surface area contributed by atoms with E-state index in [2.05, 4.69) is 15.3 Å². The van der Waals surface area contributed by atoms with Crippen LogP contribution in [-0.2, 0) is 4.74 Å². The number of anilines is 1. The molecule has 0 unspecified atom stereocenters. The SMILES string of the molecule is OC1(CNc2nc3ccc(F)cc3[nH]2)CCOCC1. The second kappa shape index (κ2) is 4.79. The fraction of sp³-hybridized carbons (Fsp3) is 0.462. The molecule has 1 aromatic carbocycles. The number of halogens is 1. The molecule has 0 bridgehead atoms. The summed E-state index contributed by atoms with van der Waals surface area (Å²) in [7, 11) is 0. The van der Waals surface area contributed by atoms with Crippen molar-refractivity contribution in [3.63, 3.8) is 0 Å². The Bertz CT molecular complexity index is 578. The summed E-state index contributed by atoms with van der Waals surface area (Å²) in [6.07, 6.45) is 1.21. The number of benzene rings is 1. The first-order valence-electron chi connectivity index (χ1n) is 6.34. The Hall–Kier alpha value is -1.66. The van der Waals surface area contributed by atoms with E-state index in [4.69, 9.17) is 4.74 Å². The maximum absolute atomic E-state index is 13.1. The van der Waals surface area contributed by atoms with Crippen molar-refractivity contribution in [1.29, 1.82) is 0 Å². The molecular weight excluding hydrogens is 249 g/mol. The van der Waals surface area contributed by atoms with Crippen molar-refractivity contribution in [3.8, 4) is 0 Å². The Labute approximate surface area is 109 Å². The zero-order valence-corrected chi connectivity index (χ0v) is 10.4. The zero-order chi connectivity index (χ0) is 13.3. The molecule has 1 fully saturated rings. The van der Waals surface area contributed by atoms with E-state index in [1.807, 2.05) is 0 Å². The van der Waals surface area contributed by atoms with E-state index in [0.717, 1.165) is 0 Å². The van der Waals surface area contributed by atoms with E-state index >= 15 is 0 Å². The number of nitrogens with one attached hydrogen (secondary N) is 2. The van der Waals surface area contributed by atoms with Gasteiger partial charge in [-0.25, -0.2) is 9.37 Å². The molecular formula is C13H16FN3O2. The minimum Gasteiger partial charge on any atom is -0.388 e. The van der Waals surface area contributed by atoms with Crippen LogP contribution in [0.2, 0.25) is 0 Å². The number of nitrogens with zero attached hydrogens (tertiary/aromatic N) is 1. The standard InChI is InChI=1S/C13H16FN3O2/c14-9-1-2-10-11(7-9)17-12(16-10)15-8-13(18)3-5-19-6-4-13/h1-2,7,18H,3-6,8H2,(H2,15,16,17). The maximum atomic E-state index is 13.1. The monoisotopic (exact) mass is 265 g/mol. The molecule has 0 spiro atoms. The molecule has 1 aliphatic rings. The first-order chi connectivity index (χ1) is 9.15. The minimum absolute atomic E-state index is 0.300. The highest BCUT2D eigenvalue weighted by Gasteiger charge is 2.29. The van der Waals surface area contributed by atoms with Crippen molar-refractivity contribution >= 4 is 17.0 Å². The number of imidazole rings is 1. The second-order valence-electron chi connectivity index (χ2n) is 4.94. The van der Waals surface area contributed by atoms with Gasteiger partial charge in [0.1, 0.15) is 5.82 Å². The molecule has 19 heavy (non-hydrogen) atoms. The largest absolute Gasteiger partial charge is 0.388 e. The van der Waals surface area contributed by atoms with Gasteiger partial charge in [0, 0.05) is 32.6 Å². The quantitative estimate of drug-likeness (QED) is 0.789. The van der Waals surface area contributed by atoms with E-state index in [0.29, 0.717) is 49.6 Å². The van der Waals surface area contributed by atoms with Gasteiger partial charge in [0.05, 0.1) is 16.6 Å². The Morgan fingerprint density at radius 3 is 3.00 bits per heavy atom. The third kappa shape index (κ3) is 2.69. The molecule has 3 rings (SSSR count). The molecule has 2 aromatic rings. The summed E-state index contributed by atoms with van der Waals surface area (Å²) < 4.78 is 18.3. The molecule has 1 aromatic heterocycles. The van der Waals surface area contributed by atoms with Crippen molar-refractivity contribution in [1.82, 2.24) is 9.97 Å². The molecule has 0 aliphatic carbocycles. The highest BCUT2D eigenvalue weighted by molar-refractivity contribution is 5.77. The molecule has 102 valence electrons. The van der Waals surface area contributed by atoms with Gasteiger partial charge in [0.15, 0.2) is 0 Å². The summed E-state index contributed by atoms with van der Waals surface area (Å²) in [5.41, 5.74) is 0.576. The normalized spacial score (nSPS) is 18.6. The van der Waals surface area contributed by atoms with Crippen LogP contribution in [0.3, 0.4) is 0 Å². The summed E-state index contributed by atoms with van der Waals surface area (Å²) in [5.74, 6) is 0.242. The minimum atomic E-state index is -0.761. The fourth-order valence-electron chi connectivity index (χ4n) is 2.24. The van der Waals surface area contributed by atoms with Gasteiger partial charge < -0.3 is 20.1 Å². The van der Waals surface area contributed by atoms with E-state index in [9.17, 15) is 9.50 Å². The summed E-state index contributed by atoms with van der Waals surface area (Å²) in [4.78, 5) is 7.28. The van der Waals surface area contributed by atoms with Crippen LogP contribution in [0.15, 0.2) is 18.2 Å². The lowest BCUT2D eigenvalue weighted by atomic mass is 9.94. The second-order valence-corrected chi connectivity index (χ2v) is 4.94. The van der Waals surface area contributed by atoms with Gasteiger partial charge in [-0.3, -0.25) is 0 Å². The third-order valence-electron chi connectivity index (χ3n) is 3.45. The van der Waals surface area contributed by atoms with Gasteiger partial charge in [-0.05, 0) is 18.2 Å². The molecule has 3 N–H and O–H groups in total. The average molecular weight is 265 g/mol.